The van der Waals surface area contributed by atoms with Crippen LogP contribution in [0.4, 0.5) is 25.8 Å². The van der Waals surface area contributed by atoms with Crippen LogP contribution in [0.5, 0.6) is 0 Å². The number of halogens is 1. The van der Waals surface area contributed by atoms with Gasteiger partial charge in [-0.15, -0.1) is 11.3 Å². The summed E-state index contributed by atoms with van der Waals surface area (Å²) in [5, 5.41) is 32.0. The first-order chi connectivity index (χ1) is 16.5. The summed E-state index contributed by atoms with van der Waals surface area (Å²) in [5.41, 5.74) is -0.199. The third-order valence-corrected chi connectivity index (χ3v) is 8.85. The minimum atomic E-state index is -1.54. The van der Waals surface area contributed by atoms with Crippen molar-refractivity contribution >= 4 is 45.2 Å². The van der Waals surface area contributed by atoms with Crippen LogP contribution in [0.25, 0.3) is 0 Å². The zero-order chi connectivity index (χ0) is 25.1. The lowest BCUT2D eigenvalue weighted by molar-refractivity contribution is 0.0444. The number of nitrogens with one attached hydrogen (secondary N) is 1. The monoisotopic (exact) mass is 520 g/mol. The Morgan fingerprint density at radius 1 is 1.29 bits per heavy atom. The van der Waals surface area contributed by atoms with E-state index < -0.39 is 34.1 Å². The van der Waals surface area contributed by atoms with Gasteiger partial charge in [0.15, 0.2) is 11.6 Å². The quantitative estimate of drug-likeness (QED) is 0.408. The lowest BCUT2D eigenvalue weighted by Crippen LogP contribution is -2.59. The Kier molecular flexibility index (Phi) is 5.83. The fourth-order valence-electron chi connectivity index (χ4n) is 5.49. The molecule has 2 fully saturated rings. The second-order valence-corrected chi connectivity index (χ2v) is 12.1. The summed E-state index contributed by atoms with van der Waals surface area (Å²) in [6, 6.07) is 2.15. The average Bonchev–Trinajstić information content (AvgIpc) is 3.28. The van der Waals surface area contributed by atoms with E-state index in [0.29, 0.717) is 49.5 Å². The van der Waals surface area contributed by atoms with Crippen molar-refractivity contribution in [2.24, 2.45) is 0 Å². The molecule has 2 aliphatic heterocycles. The number of amides is 1. The molecule has 0 saturated carbocycles. The molecule has 1 spiro atoms. The number of aliphatic hydroxyl groups is 1. The summed E-state index contributed by atoms with van der Waals surface area (Å²) in [6.07, 6.45) is 2.98. The number of carboxylic acid groups (broad SMARTS) is 1. The number of nitrogens with zero attached hydrogens (tertiary/aromatic N) is 5. The molecule has 0 radical (unpaired) electrons. The molecule has 4 heterocycles. The second-order valence-electron chi connectivity index (χ2n) is 9.73. The number of carbonyl (C=O) groups is 1. The average molecular weight is 521 g/mol. The molecule has 1 aliphatic carbocycles. The highest BCUT2D eigenvalue weighted by Gasteiger charge is 2.52. The van der Waals surface area contributed by atoms with Gasteiger partial charge in [-0.05, 0) is 38.2 Å². The van der Waals surface area contributed by atoms with Crippen LogP contribution in [0.1, 0.15) is 42.2 Å². The van der Waals surface area contributed by atoms with Gasteiger partial charge in [-0.25, -0.2) is 4.79 Å². The number of rotatable bonds is 4. The predicted octanol–water partition coefficient (Wildman–Crippen LogP) is 2.43. The van der Waals surface area contributed by atoms with E-state index >= 15 is 4.39 Å². The number of hydrogen-bond acceptors (Lipinski definition) is 9. The fraction of sp³-hybridized carbons (Fsp3) is 0.545. The highest BCUT2D eigenvalue weighted by Crippen LogP contribution is 2.53. The Hall–Kier alpha value is -2.66. The Morgan fingerprint density at radius 3 is 2.57 bits per heavy atom. The van der Waals surface area contributed by atoms with Gasteiger partial charge in [0.2, 0.25) is 5.82 Å². The van der Waals surface area contributed by atoms with E-state index in [2.05, 4.69) is 21.4 Å². The van der Waals surface area contributed by atoms with Crippen LogP contribution < -0.4 is 15.1 Å². The van der Waals surface area contributed by atoms with Crippen LogP contribution in [0.2, 0.25) is 0 Å². The first-order valence-electron chi connectivity index (χ1n) is 11.2. The van der Waals surface area contributed by atoms with Crippen LogP contribution in [-0.2, 0) is 23.0 Å². The van der Waals surface area contributed by atoms with E-state index in [4.69, 9.17) is 5.11 Å². The summed E-state index contributed by atoms with van der Waals surface area (Å²) >= 11 is -0.263. The number of anilines is 3. The number of aromatic nitrogens is 2. The SMILES string of the molecule is C[S+]([O-])c1nc(N2CC3(CCc4sc(NC(=O)O)c(C#N)c43)C2)c(F)c(N2CCC[C@@](C)(O)C2)n1. The van der Waals surface area contributed by atoms with Gasteiger partial charge in [-0.1, -0.05) is 0 Å². The lowest BCUT2D eigenvalue weighted by atomic mass is 9.74. The fourth-order valence-corrected chi connectivity index (χ4v) is 7.18. The first-order valence-corrected chi connectivity index (χ1v) is 13.6. The van der Waals surface area contributed by atoms with E-state index in [9.17, 15) is 19.7 Å². The van der Waals surface area contributed by atoms with Crippen molar-refractivity contribution < 1.29 is 24.0 Å². The van der Waals surface area contributed by atoms with Crippen LogP contribution >= 0.6 is 11.3 Å². The number of thiophene rings is 1. The van der Waals surface area contributed by atoms with Crippen LogP contribution in [0.15, 0.2) is 5.16 Å². The topological polar surface area (TPSA) is 149 Å². The summed E-state index contributed by atoms with van der Waals surface area (Å²) in [6.45, 7) is 3.24. The Bertz CT molecular complexity index is 1240. The van der Waals surface area contributed by atoms with E-state index in [1.807, 2.05) is 0 Å². The van der Waals surface area contributed by atoms with Crippen molar-refractivity contribution in [3.63, 3.8) is 0 Å². The molecule has 2 saturated heterocycles. The number of piperidine rings is 1. The molecule has 3 N–H and O–H groups in total. The maximum absolute atomic E-state index is 15.8. The molecule has 186 valence electrons. The molecule has 3 aliphatic rings. The van der Waals surface area contributed by atoms with Crippen LogP contribution in [-0.4, -0.2) is 68.9 Å². The van der Waals surface area contributed by atoms with Gasteiger partial charge in [-0.3, -0.25) is 5.32 Å². The maximum atomic E-state index is 15.8. The van der Waals surface area contributed by atoms with Gasteiger partial charge in [0.05, 0.1) is 11.2 Å². The second kappa shape index (κ2) is 8.48. The van der Waals surface area contributed by atoms with Gasteiger partial charge in [0.25, 0.3) is 0 Å². The summed E-state index contributed by atoms with van der Waals surface area (Å²) in [5.74, 6) is -0.527. The smallest absolute Gasteiger partial charge is 0.409 e. The molecule has 13 heteroatoms. The van der Waals surface area contributed by atoms with Crippen molar-refractivity contribution in [3.05, 3.63) is 21.8 Å². The third kappa shape index (κ3) is 4.08. The summed E-state index contributed by atoms with van der Waals surface area (Å²) in [7, 11) is 0. The van der Waals surface area contributed by atoms with Gasteiger partial charge < -0.3 is 24.6 Å². The molecule has 2 aromatic rings. The standard InChI is InChI=1S/C22H25FN6O4S2/c1-21(32)5-3-7-28(9-21)16-15(23)17(26-19(25-16)35(2)33)29-10-22(11-29)6-4-13-14(22)12(8-24)18(34-13)27-20(30)31/h27,32H,3-7,9-11H2,1-2H3,(H,30,31)/t21-,35?/m1/s1. The summed E-state index contributed by atoms with van der Waals surface area (Å²) in [4.78, 5) is 24.1. The molecule has 0 aromatic carbocycles. The maximum Gasteiger partial charge on any atom is 0.409 e. The molecule has 35 heavy (non-hydrogen) atoms. The zero-order valence-electron chi connectivity index (χ0n) is 19.3. The molecule has 1 amide bonds. The minimum absolute atomic E-state index is 0.0240. The molecule has 0 bridgehead atoms. The lowest BCUT2D eigenvalue weighted by Gasteiger charge is -2.49. The highest BCUT2D eigenvalue weighted by molar-refractivity contribution is 7.90. The van der Waals surface area contributed by atoms with Gasteiger partial charge >= 0.3 is 11.2 Å². The molecule has 5 rings (SSSR count). The highest BCUT2D eigenvalue weighted by atomic mass is 32.2. The molecule has 2 atom stereocenters. The summed E-state index contributed by atoms with van der Waals surface area (Å²) < 4.78 is 28.0. The van der Waals surface area contributed by atoms with Crippen molar-refractivity contribution in [2.75, 3.05) is 47.6 Å². The minimum Gasteiger partial charge on any atom is -0.609 e. The molecular weight excluding hydrogens is 495 g/mol. The number of hydrogen-bond donors (Lipinski definition) is 3. The first kappa shape index (κ1) is 24.1. The van der Waals surface area contributed by atoms with Crippen molar-refractivity contribution in [2.45, 2.75) is 48.8 Å². The number of fused-ring (bicyclic) bond motifs is 2. The van der Waals surface area contributed by atoms with Crippen molar-refractivity contribution in [1.82, 2.24) is 9.97 Å². The zero-order valence-corrected chi connectivity index (χ0v) is 20.9. The van der Waals surface area contributed by atoms with Crippen LogP contribution in [0.3, 0.4) is 0 Å². The molecule has 1 unspecified atom stereocenters. The Balaban J connectivity index is 1.47. The molecular formula is C22H25FN6O4S2. The van der Waals surface area contributed by atoms with Gasteiger partial charge in [-0.2, -0.15) is 19.6 Å². The predicted molar refractivity (Wildman–Crippen MR) is 129 cm³/mol. The van der Waals surface area contributed by atoms with E-state index in [1.54, 1.807) is 16.7 Å². The third-order valence-electron chi connectivity index (χ3n) is 6.99. The van der Waals surface area contributed by atoms with Crippen LogP contribution in [0, 0.1) is 17.1 Å². The van der Waals surface area contributed by atoms with Crippen molar-refractivity contribution in [1.29, 1.82) is 5.26 Å². The van der Waals surface area contributed by atoms with E-state index in [0.717, 1.165) is 16.9 Å². The Labute approximate surface area is 208 Å². The van der Waals surface area contributed by atoms with Gasteiger partial charge in [0, 0.05) is 47.6 Å². The Morgan fingerprint density at radius 2 is 1.97 bits per heavy atom. The van der Waals surface area contributed by atoms with Crippen molar-refractivity contribution in [3.8, 4) is 6.07 Å². The number of β-amino-alcohol motifs (C(OH)–C–C–N with tert-alkyl or cyclic N) is 1. The molecule has 10 nitrogen and oxygen atoms in total. The van der Waals surface area contributed by atoms with Gasteiger partial charge in [0.1, 0.15) is 17.3 Å². The largest absolute Gasteiger partial charge is 0.609 e. The number of aryl methyl sites for hydroxylation is 1. The number of nitriles is 1. The normalized spacial score (nSPS) is 23.5. The van der Waals surface area contributed by atoms with E-state index in [-0.39, 0.29) is 23.3 Å². The molecule has 2 aromatic heterocycles. The van der Waals surface area contributed by atoms with E-state index in [1.165, 1.54) is 17.6 Å².